The molecular formula is C20H38N2O3. The molecule has 1 aliphatic rings. The van der Waals surface area contributed by atoms with Gasteiger partial charge in [-0.2, -0.15) is 0 Å². The van der Waals surface area contributed by atoms with Gasteiger partial charge < -0.3 is 15.8 Å². The molecule has 0 spiro atoms. The SMILES string of the molecule is CC(C)(C)OC(=O)NCCCC[C@H](N)C(=O)C1CCCCCCCC1. The molecule has 0 heterocycles. The summed E-state index contributed by atoms with van der Waals surface area (Å²) in [5.41, 5.74) is 5.66. The van der Waals surface area contributed by atoms with Gasteiger partial charge in [-0.05, 0) is 52.9 Å². The molecule has 0 unspecified atom stereocenters. The van der Waals surface area contributed by atoms with Crippen LogP contribution < -0.4 is 11.1 Å². The van der Waals surface area contributed by atoms with Crippen LogP contribution in [0.4, 0.5) is 4.79 Å². The van der Waals surface area contributed by atoms with Crippen molar-refractivity contribution >= 4 is 11.9 Å². The fraction of sp³-hybridized carbons (Fsp3) is 0.900. The second-order valence-electron chi connectivity index (χ2n) is 8.33. The predicted octanol–water partition coefficient (Wildman–Crippen LogP) is 4.33. The highest BCUT2D eigenvalue weighted by Gasteiger charge is 2.24. The van der Waals surface area contributed by atoms with Gasteiger partial charge in [0.05, 0.1) is 6.04 Å². The highest BCUT2D eigenvalue weighted by molar-refractivity contribution is 5.86. The van der Waals surface area contributed by atoms with Crippen molar-refractivity contribution in [3.63, 3.8) is 0 Å². The fourth-order valence-electron chi connectivity index (χ4n) is 3.36. The number of Topliss-reactive ketones (excluding diaryl/α,β-unsaturated/α-hetero) is 1. The van der Waals surface area contributed by atoms with Crippen molar-refractivity contribution in [1.29, 1.82) is 0 Å². The van der Waals surface area contributed by atoms with Gasteiger partial charge in [0, 0.05) is 12.5 Å². The molecule has 1 aliphatic carbocycles. The third-order valence-electron chi connectivity index (χ3n) is 4.73. The Hall–Kier alpha value is -1.10. The van der Waals surface area contributed by atoms with E-state index < -0.39 is 11.7 Å². The van der Waals surface area contributed by atoms with E-state index in [0.717, 1.165) is 38.5 Å². The van der Waals surface area contributed by atoms with Crippen LogP contribution in [0.1, 0.15) is 91.4 Å². The van der Waals surface area contributed by atoms with Crippen LogP contribution >= 0.6 is 0 Å². The zero-order valence-electron chi connectivity index (χ0n) is 16.4. The first-order chi connectivity index (χ1) is 11.8. The third kappa shape index (κ3) is 10.5. The van der Waals surface area contributed by atoms with E-state index in [1.165, 1.54) is 25.7 Å². The Balaban J connectivity index is 2.20. The Kier molecular flexibility index (Phi) is 10.1. The number of alkyl carbamates (subject to hydrolysis) is 1. The summed E-state index contributed by atoms with van der Waals surface area (Å²) in [6.07, 6.45) is 11.4. The first kappa shape index (κ1) is 21.9. The Labute approximate surface area is 153 Å². The van der Waals surface area contributed by atoms with E-state index >= 15 is 0 Å². The molecule has 3 N–H and O–H groups in total. The average Bonchev–Trinajstić information content (AvgIpc) is 2.65. The molecule has 0 radical (unpaired) electrons. The van der Waals surface area contributed by atoms with Crippen molar-refractivity contribution in [2.24, 2.45) is 11.7 Å². The maximum Gasteiger partial charge on any atom is 0.407 e. The van der Waals surface area contributed by atoms with Gasteiger partial charge in [-0.25, -0.2) is 4.79 Å². The van der Waals surface area contributed by atoms with Gasteiger partial charge in [0.15, 0.2) is 5.78 Å². The number of nitrogens with one attached hydrogen (secondary N) is 1. The number of ketones is 1. The minimum absolute atomic E-state index is 0.160. The van der Waals surface area contributed by atoms with E-state index in [0.29, 0.717) is 13.0 Å². The molecule has 0 aromatic rings. The van der Waals surface area contributed by atoms with Crippen molar-refractivity contribution in [3.05, 3.63) is 0 Å². The van der Waals surface area contributed by atoms with Crippen molar-refractivity contribution in [2.75, 3.05) is 6.54 Å². The zero-order valence-corrected chi connectivity index (χ0v) is 16.4. The van der Waals surface area contributed by atoms with Crippen LogP contribution in [0.15, 0.2) is 0 Å². The van der Waals surface area contributed by atoms with Gasteiger partial charge in [-0.15, -0.1) is 0 Å². The van der Waals surface area contributed by atoms with Gasteiger partial charge in [0.1, 0.15) is 5.60 Å². The van der Waals surface area contributed by atoms with Crippen molar-refractivity contribution < 1.29 is 14.3 Å². The number of rotatable bonds is 7. The number of hydrogen-bond acceptors (Lipinski definition) is 4. The first-order valence-electron chi connectivity index (χ1n) is 10.1. The normalized spacial score (nSPS) is 18.6. The number of ether oxygens (including phenoxy) is 1. The lowest BCUT2D eigenvalue weighted by molar-refractivity contribution is -0.124. The third-order valence-corrected chi connectivity index (χ3v) is 4.73. The van der Waals surface area contributed by atoms with E-state index in [1.54, 1.807) is 0 Å². The standard InChI is InChI=1S/C20H38N2O3/c1-20(2,3)25-19(24)22-15-11-10-14-17(21)18(23)16-12-8-6-4-5-7-9-13-16/h16-17H,4-15,21H2,1-3H3,(H,22,24)/t17-/m0/s1. The lowest BCUT2D eigenvalue weighted by Crippen LogP contribution is -2.36. The Morgan fingerprint density at radius 1 is 1.04 bits per heavy atom. The van der Waals surface area contributed by atoms with Gasteiger partial charge in [0.2, 0.25) is 0 Å². The molecule has 146 valence electrons. The predicted molar refractivity (Wildman–Crippen MR) is 101 cm³/mol. The van der Waals surface area contributed by atoms with E-state index in [-0.39, 0.29) is 17.7 Å². The summed E-state index contributed by atoms with van der Waals surface area (Å²) in [6.45, 7) is 6.08. The molecule has 1 saturated carbocycles. The summed E-state index contributed by atoms with van der Waals surface area (Å²) in [6, 6.07) is -0.354. The molecule has 0 saturated heterocycles. The Morgan fingerprint density at radius 3 is 2.16 bits per heavy atom. The van der Waals surface area contributed by atoms with Gasteiger partial charge >= 0.3 is 6.09 Å². The van der Waals surface area contributed by atoms with Crippen molar-refractivity contribution in [2.45, 2.75) is 103 Å². The van der Waals surface area contributed by atoms with E-state index in [2.05, 4.69) is 5.32 Å². The van der Waals surface area contributed by atoms with Crippen LogP contribution in [0.3, 0.4) is 0 Å². The summed E-state index contributed by atoms with van der Waals surface area (Å²) in [5.74, 6) is 0.412. The molecule has 1 atom stereocenters. The van der Waals surface area contributed by atoms with Crippen molar-refractivity contribution in [1.82, 2.24) is 5.32 Å². The van der Waals surface area contributed by atoms with E-state index in [4.69, 9.17) is 10.5 Å². The summed E-state index contributed by atoms with van der Waals surface area (Å²) in [4.78, 5) is 24.1. The number of carbonyl (C=O) groups excluding carboxylic acids is 2. The van der Waals surface area contributed by atoms with Crippen LogP contribution in [0.2, 0.25) is 0 Å². The van der Waals surface area contributed by atoms with Gasteiger partial charge in [0.25, 0.3) is 0 Å². The molecule has 5 heteroatoms. The summed E-state index contributed by atoms with van der Waals surface area (Å²) in [7, 11) is 0. The molecule has 1 fully saturated rings. The molecule has 0 bridgehead atoms. The van der Waals surface area contributed by atoms with Gasteiger partial charge in [-0.3, -0.25) is 4.79 Å². The number of amides is 1. The monoisotopic (exact) mass is 354 g/mol. The van der Waals surface area contributed by atoms with Crippen molar-refractivity contribution in [3.8, 4) is 0 Å². The number of hydrogen-bond donors (Lipinski definition) is 2. The van der Waals surface area contributed by atoms with Crippen LogP contribution in [0.25, 0.3) is 0 Å². The largest absolute Gasteiger partial charge is 0.444 e. The van der Waals surface area contributed by atoms with Gasteiger partial charge in [-0.1, -0.05) is 38.5 Å². The second-order valence-corrected chi connectivity index (χ2v) is 8.33. The first-order valence-corrected chi connectivity index (χ1v) is 10.1. The number of unbranched alkanes of at least 4 members (excludes halogenated alkanes) is 1. The maximum absolute atomic E-state index is 12.6. The molecule has 0 aromatic heterocycles. The number of carbonyl (C=O) groups is 2. The molecule has 25 heavy (non-hydrogen) atoms. The minimum Gasteiger partial charge on any atom is -0.444 e. The average molecular weight is 355 g/mol. The van der Waals surface area contributed by atoms with E-state index in [1.807, 2.05) is 20.8 Å². The molecule has 1 rings (SSSR count). The summed E-state index contributed by atoms with van der Waals surface area (Å²) in [5, 5.41) is 2.74. The molecule has 0 aromatic carbocycles. The van der Waals surface area contributed by atoms with Crippen LogP contribution in [0, 0.1) is 5.92 Å². The van der Waals surface area contributed by atoms with E-state index in [9.17, 15) is 9.59 Å². The maximum atomic E-state index is 12.6. The molecule has 0 aliphatic heterocycles. The highest BCUT2D eigenvalue weighted by atomic mass is 16.6. The Morgan fingerprint density at radius 2 is 1.60 bits per heavy atom. The van der Waals surface area contributed by atoms with Crippen LogP contribution in [0.5, 0.6) is 0 Å². The molecule has 1 amide bonds. The quantitative estimate of drug-likeness (QED) is 0.667. The number of nitrogens with two attached hydrogens (primary N) is 1. The summed E-state index contributed by atoms with van der Waals surface area (Å²) < 4.78 is 5.19. The molecular weight excluding hydrogens is 316 g/mol. The lowest BCUT2D eigenvalue weighted by atomic mass is 9.88. The minimum atomic E-state index is -0.477. The fourth-order valence-corrected chi connectivity index (χ4v) is 3.36. The summed E-state index contributed by atoms with van der Waals surface area (Å²) >= 11 is 0. The second kappa shape index (κ2) is 11.5. The highest BCUT2D eigenvalue weighted by Crippen LogP contribution is 2.24. The van der Waals surface area contributed by atoms with Crippen LogP contribution in [-0.4, -0.2) is 30.1 Å². The topological polar surface area (TPSA) is 81.4 Å². The Bertz CT molecular complexity index is 394. The molecule has 5 nitrogen and oxygen atoms in total. The smallest absolute Gasteiger partial charge is 0.407 e. The lowest BCUT2D eigenvalue weighted by Gasteiger charge is -2.20. The van der Waals surface area contributed by atoms with Crippen LogP contribution in [-0.2, 0) is 9.53 Å². The zero-order chi connectivity index (χ0) is 18.7.